The van der Waals surface area contributed by atoms with Gasteiger partial charge in [-0.2, -0.15) is 5.10 Å². The second-order valence-electron chi connectivity index (χ2n) is 7.44. The van der Waals surface area contributed by atoms with Crippen molar-refractivity contribution in [2.24, 2.45) is 13.0 Å². The van der Waals surface area contributed by atoms with Crippen LogP contribution in [0.15, 0.2) is 30.5 Å². The molecular formula is C22H28N4O5. The van der Waals surface area contributed by atoms with Gasteiger partial charge in [0.25, 0.3) is 0 Å². The molecule has 1 N–H and O–H groups in total. The Bertz CT molecular complexity index is 930. The molecule has 1 saturated heterocycles. The topological polar surface area (TPSA) is 103 Å². The van der Waals surface area contributed by atoms with Crippen molar-refractivity contribution in [1.29, 1.82) is 0 Å². The number of anilines is 1. The van der Waals surface area contributed by atoms with E-state index in [-0.39, 0.29) is 36.3 Å². The molecule has 0 unspecified atom stereocenters. The van der Waals surface area contributed by atoms with Crippen LogP contribution in [0.2, 0.25) is 0 Å². The quantitative estimate of drug-likeness (QED) is 0.508. The molecule has 0 aliphatic carbocycles. The number of carbonyl (C=O) groups is 3. The first-order valence-corrected chi connectivity index (χ1v) is 10.3. The van der Waals surface area contributed by atoms with E-state index >= 15 is 0 Å². The van der Waals surface area contributed by atoms with Gasteiger partial charge in [0.2, 0.25) is 5.91 Å². The van der Waals surface area contributed by atoms with E-state index in [2.05, 4.69) is 10.4 Å². The van der Waals surface area contributed by atoms with Gasteiger partial charge in [-0.1, -0.05) is 0 Å². The van der Waals surface area contributed by atoms with Crippen molar-refractivity contribution in [3.63, 3.8) is 0 Å². The van der Waals surface area contributed by atoms with Crippen LogP contribution in [0.3, 0.4) is 0 Å². The number of methoxy groups -OCH3 is 1. The van der Waals surface area contributed by atoms with E-state index in [4.69, 9.17) is 9.47 Å². The highest BCUT2D eigenvalue weighted by atomic mass is 16.5. The SMILES string of the molecule is CCOC(=O)c1cnn(C)c1NC(=O)CN1CCC(C(=O)c2ccc(OC)cc2)CC1. The highest BCUT2D eigenvalue weighted by Crippen LogP contribution is 2.23. The van der Waals surface area contributed by atoms with E-state index in [1.807, 2.05) is 4.90 Å². The summed E-state index contributed by atoms with van der Waals surface area (Å²) in [6.07, 6.45) is 2.76. The van der Waals surface area contributed by atoms with Gasteiger partial charge in [0.15, 0.2) is 5.78 Å². The Kier molecular flexibility index (Phi) is 7.41. The zero-order valence-electron chi connectivity index (χ0n) is 18.1. The van der Waals surface area contributed by atoms with Crippen molar-refractivity contribution in [3.8, 4) is 5.75 Å². The number of likely N-dealkylation sites (tertiary alicyclic amines) is 1. The number of carbonyl (C=O) groups excluding carboxylic acids is 3. The second-order valence-corrected chi connectivity index (χ2v) is 7.44. The van der Waals surface area contributed by atoms with E-state index in [0.29, 0.717) is 37.3 Å². The van der Waals surface area contributed by atoms with Crippen LogP contribution in [-0.4, -0.2) is 65.7 Å². The molecule has 31 heavy (non-hydrogen) atoms. The smallest absolute Gasteiger partial charge is 0.343 e. The number of nitrogens with zero attached hydrogens (tertiary/aromatic N) is 3. The van der Waals surface area contributed by atoms with Crippen LogP contribution < -0.4 is 10.1 Å². The van der Waals surface area contributed by atoms with Crippen LogP contribution in [0.25, 0.3) is 0 Å². The number of aryl methyl sites for hydroxylation is 1. The van der Waals surface area contributed by atoms with Crippen molar-refractivity contribution in [3.05, 3.63) is 41.6 Å². The predicted octanol–water partition coefficient (Wildman–Crippen LogP) is 2.14. The van der Waals surface area contributed by atoms with E-state index in [1.165, 1.54) is 10.9 Å². The molecule has 1 aliphatic rings. The van der Waals surface area contributed by atoms with Gasteiger partial charge in [-0.15, -0.1) is 0 Å². The van der Waals surface area contributed by atoms with E-state index in [1.54, 1.807) is 45.3 Å². The molecular weight excluding hydrogens is 400 g/mol. The van der Waals surface area contributed by atoms with Gasteiger partial charge in [0.1, 0.15) is 17.1 Å². The number of nitrogens with one attached hydrogen (secondary N) is 1. The summed E-state index contributed by atoms with van der Waals surface area (Å²) >= 11 is 0. The van der Waals surface area contributed by atoms with Crippen LogP contribution in [0.1, 0.15) is 40.5 Å². The molecule has 9 nitrogen and oxygen atoms in total. The third-order valence-corrected chi connectivity index (χ3v) is 5.39. The van der Waals surface area contributed by atoms with Crippen LogP contribution in [0, 0.1) is 5.92 Å². The Balaban J connectivity index is 1.52. The van der Waals surface area contributed by atoms with Gasteiger partial charge >= 0.3 is 5.97 Å². The maximum atomic E-state index is 12.7. The number of amides is 1. The minimum absolute atomic E-state index is 0.0554. The summed E-state index contributed by atoms with van der Waals surface area (Å²) in [6, 6.07) is 7.15. The summed E-state index contributed by atoms with van der Waals surface area (Å²) in [5.74, 6) is 0.337. The van der Waals surface area contributed by atoms with Crippen molar-refractivity contribution >= 4 is 23.5 Å². The van der Waals surface area contributed by atoms with Gasteiger partial charge in [0.05, 0.1) is 26.5 Å². The van der Waals surface area contributed by atoms with Gasteiger partial charge in [0, 0.05) is 18.5 Å². The lowest BCUT2D eigenvalue weighted by Gasteiger charge is -2.30. The first-order valence-electron chi connectivity index (χ1n) is 10.3. The Morgan fingerprint density at radius 2 is 1.84 bits per heavy atom. The maximum absolute atomic E-state index is 12.7. The van der Waals surface area contributed by atoms with Crippen molar-refractivity contribution in [2.75, 3.05) is 38.7 Å². The number of ketones is 1. The van der Waals surface area contributed by atoms with Gasteiger partial charge in [-0.3, -0.25) is 19.2 Å². The minimum Gasteiger partial charge on any atom is -0.497 e. The molecule has 2 aromatic rings. The number of aromatic nitrogens is 2. The zero-order valence-corrected chi connectivity index (χ0v) is 18.1. The van der Waals surface area contributed by atoms with E-state index in [9.17, 15) is 14.4 Å². The number of hydrogen-bond acceptors (Lipinski definition) is 7. The Labute approximate surface area is 181 Å². The van der Waals surface area contributed by atoms with Crippen LogP contribution in [0.5, 0.6) is 5.75 Å². The number of rotatable bonds is 8. The third kappa shape index (κ3) is 5.49. The average molecular weight is 428 g/mol. The summed E-state index contributed by atoms with van der Waals surface area (Å²) in [5, 5.41) is 6.79. The first-order chi connectivity index (χ1) is 14.9. The molecule has 9 heteroatoms. The highest BCUT2D eigenvalue weighted by Gasteiger charge is 2.27. The first kappa shape index (κ1) is 22.5. The molecule has 1 aromatic heterocycles. The fraction of sp³-hybridized carbons (Fsp3) is 0.455. The Morgan fingerprint density at radius 3 is 2.45 bits per heavy atom. The molecule has 1 fully saturated rings. The number of piperidine rings is 1. The van der Waals surface area contributed by atoms with Crippen LogP contribution in [0.4, 0.5) is 5.82 Å². The zero-order chi connectivity index (χ0) is 22.4. The van der Waals surface area contributed by atoms with Crippen molar-refractivity contribution in [1.82, 2.24) is 14.7 Å². The van der Waals surface area contributed by atoms with Gasteiger partial charge < -0.3 is 14.8 Å². The highest BCUT2D eigenvalue weighted by molar-refractivity contribution is 6.00. The predicted molar refractivity (Wildman–Crippen MR) is 114 cm³/mol. The van der Waals surface area contributed by atoms with Crippen LogP contribution in [-0.2, 0) is 16.6 Å². The largest absolute Gasteiger partial charge is 0.497 e. The molecule has 1 aliphatic heterocycles. The maximum Gasteiger partial charge on any atom is 0.343 e. The molecule has 1 amide bonds. The number of benzene rings is 1. The molecule has 3 rings (SSSR count). The summed E-state index contributed by atoms with van der Waals surface area (Å²) < 4.78 is 11.6. The fourth-order valence-corrected chi connectivity index (χ4v) is 3.66. The van der Waals surface area contributed by atoms with Gasteiger partial charge in [-0.25, -0.2) is 4.79 Å². The number of Topliss-reactive ketones (excluding diaryl/α,β-unsaturated/α-hetero) is 1. The van der Waals surface area contributed by atoms with Crippen molar-refractivity contribution in [2.45, 2.75) is 19.8 Å². The second kappa shape index (κ2) is 10.2. The lowest BCUT2D eigenvalue weighted by atomic mass is 9.89. The normalized spacial score (nSPS) is 14.8. The summed E-state index contributed by atoms with van der Waals surface area (Å²) in [5.41, 5.74) is 0.904. The summed E-state index contributed by atoms with van der Waals surface area (Å²) in [4.78, 5) is 39.3. The lowest BCUT2D eigenvalue weighted by molar-refractivity contribution is -0.117. The monoisotopic (exact) mass is 428 g/mol. The van der Waals surface area contributed by atoms with Crippen molar-refractivity contribution < 1.29 is 23.9 Å². The van der Waals surface area contributed by atoms with E-state index < -0.39 is 5.97 Å². The molecule has 166 valence electrons. The molecule has 0 saturated carbocycles. The summed E-state index contributed by atoms with van der Waals surface area (Å²) in [6.45, 7) is 3.43. The minimum atomic E-state index is -0.524. The fourth-order valence-electron chi connectivity index (χ4n) is 3.66. The molecule has 0 bridgehead atoms. The van der Waals surface area contributed by atoms with E-state index in [0.717, 1.165) is 5.75 Å². The molecule has 1 aromatic carbocycles. The molecule has 0 spiro atoms. The average Bonchev–Trinajstić information content (AvgIpc) is 3.14. The summed E-state index contributed by atoms with van der Waals surface area (Å²) in [7, 11) is 3.24. The number of hydrogen-bond donors (Lipinski definition) is 1. The lowest BCUT2D eigenvalue weighted by Crippen LogP contribution is -2.41. The Hall–Kier alpha value is -3.20. The molecule has 0 atom stereocenters. The number of ether oxygens (including phenoxy) is 2. The molecule has 2 heterocycles. The Morgan fingerprint density at radius 1 is 1.16 bits per heavy atom. The standard InChI is InChI=1S/C22H28N4O5/c1-4-31-22(29)18-13-23-25(2)21(18)24-19(27)14-26-11-9-16(10-12-26)20(28)15-5-7-17(30-3)8-6-15/h5-8,13,16H,4,9-12,14H2,1-3H3,(H,24,27). The van der Waals surface area contributed by atoms with Gasteiger partial charge in [-0.05, 0) is 57.1 Å². The third-order valence-electron chi connectivity index (χ3n) is 5.39. The van der Waals surface area contributed by atoms with Crippen LogP contribution >= 0.6 is 0 Å². The number of esters is 1. The molecule has 0 radical (unpaired) electrons.